The van der Waals surface area contributed by atoms with Crippen molar-refractivity contribution in [2.45, 2.75) is 31.6 Å². The van der Waals surface area contributed by atoms with Gasteiger partial charge in [0.25, 0.3) is 5.92 Å². The Bertz CT molecular complexity index is 486. The van der Waals surface area contributed by atoms with Crippen molar-refractivity contribution < 1.29 is 13.6 Å². The Hall–Kier alpha value is -1.31. The van der Waals surface area contributed by atoms with Gasteiger partial charge in [-0.2, -0.15) is 0 Å². The number of anilines is 1. The topological polar surface area (TPSA) is 49.3 Å². The standard InChI is InChI=1S/C13H18F2N4OS/c14-13(15)3-6-18(7-4-13)11(20)10-2-1-5-19(8-10)12-17-16-9-21-12/h9-10H,1-8H2. The monoisotopic (exact) mass is 316 g/mol. The van der Waals surface area contributed by atoms with Crippen LogP contribution in [0.3, 0.4) is 0 Å². The zero-order valence-electron chi connectivity index (χ0n) is 11.7. The first kappa shape index (κ1) is 14.6. The van der Waals surface area contributed by atoms with Gasteiger partial charge in [-0.15, -0.1) is 10.2 Å². The summed E-state index contributed by atoms with van der Waals surface area (Å²) in [5.74, 6) is -2.71. The molecule has 0 N–H and O–H groups in total. The van der Waals surface area contributed by atoms with Crippen LogP contribution >= 0.6 is 11.3 Å². The van der Waals surface area contributed by atoms with Crippen molar-refractivity contribution in [2.24, 2.45) is 5.92 Å². The van der Waals surface area contributed by atoms with E-state index in [4.69, 9.17) is 0 Å². The lowest BCUT2D eigenvalue weighted by molar-refractivity contribution is -0.141. The summed E-state index contributed by atoms with van der Waals surface area (Å²) in [7, 11) is 0. The predicted octanol–water partition coefficient (Wildman–Crippen LogP) is 2.01. The molecule has 8 heteroatoms. The van der Waals surface area contributed by atoms with Crippen molar-refractivity contribution in [1.29, 1.82) is 0 Å². The van der Waals surface area contributed by atoms with Gasteiger partial charge in [-0.25, -0.2) is 8.78 Å². The molecular formula is C13H18F2N4OS. The minimum Gasteiger partial charge on any atom is -0.346 e. The number of halogens is 2. The highest BCUT2D eigenvalue weighted by Gasteiger charge is 2.38. The van der Waals surface area contributed by atoms with Gasteiger partial charge in [0.1, 0.15) is 5.51 Å². The second-order valence-electron chi connectivity index (χ2n) is 5.69. The van der Waals surface area contributed by atoms with Crippen LogP contribution in [0.5, 0.6) is 0 Å². The molecule has 0 radical (unpaired) electrons. The SMILES string of the molecule is O=C(C1CCCN(c2nncs2)C1)N1CCC(F)(F)CC1. The summed E-state index contributed by atoms with van der Waals surface area (Å²) < 4.78 is 26.3. The van der Waals surface area contributed by atoms with Crippen molar-refractivity contribution in [3.05, 3.63) is 5.51 Å². The summed E-state index contributed by atoms with van der Waals surface area (Å²) in [5.41, 5.74) is 1.67. The second-order valence-corrected chi connectivity index (χ2v) is 6.50. The number of piperidine rings is 2. The Morgan fingerprint density at radius 3 is 2.76 bits per heavy atom. The number of amides is 1. The number of nitrogens with zero attached hydrogens (tertiary/aromatic N) is 4. The third kappa shape index (κ3) is 3.30. The van der Waals surface area contributed by atoms with E-state index in [-0.39, 0.29) is 37.8 Å². The number of aromatic nitrogens is 2. The van der Waals surface area contributed by atoms with E-state index in [0.717, 1.165) is 24.5 Å². The van der Waals surface area contributed by atoms with Crippen LogP contribution in [0, 0.1) is 5.92 Å². The molecule has 0 bridgehead atoms. The minimum atomic E-state index is -2.61. The molecule has 1 aromatic heterocycles. The molecule has 2 fully saturated rings. The van der Waals surface area contributed by atoms with Crippen LogP contribution in [0.1, 0.15) is 25.7 Å². The molecule has 0 aliphatic carbocycles. The smallest absolute Gasteiger partial charge is 0.251 e. The number of carbonyl (C=O) groups excluding carboxylic acids is 1. The molecule has 1 atom stereocenters. The fourth-order valence-corrected chi connectivity index (χ4v) is 3.57. The van der Waals surface area contributed by atoms with E-state index in [1.54, 1.807) is 10.4 Å². The number of hydrogen-bond acceptors (Lipinski definition) is 5. The number of carbonyl (C=O) groups is 1. The van der Waals surface area contributed by atoms with Crippen LogP contribution < -0.4 is 4.90 Å². The minimum absolute atomic E-state index is 0.0136. The van der Waals surface area contributed by atoms with E-state index in [0.29, 0.717) is 6.54 Å². The van der Waals surface area contributed by atoms with Crippen molar-refractivity contribution in [2.75, 3.05) is 31.1 Å². The quantitative estimate of drug-likeness (QED) is 0.837. The van der Waals surface area contributed by atoms with Gasteiger partial charge in [0.05, 0.1) is 5.92 Å². The van der Waals surface area contributed by atoms with E-state index >= 15 is 0 Å². The lowest BCUT2D eigenvalue weighted by atomic mass is 9.95. The maximum Gasteiger partial charge on any atom is 0.251 e. The van der Waals surface area contributed by atoms with Gasteiger partial charge in [0, 0.05) is 39.0 Å². The van der Waals surface area contributed by atoms with Crippen LogP contribution in [0.15, 0.2) is 5.51 Å². The Kier molecular flexibility index (Phi) is 4.05. The average Bonchev–Trinajstić information content (AvgIpc) is 3.01. The molecule has 21 heavy (non-hydrogen) atoms. The second kappa shape index (κ2) is 5.82. The lowest BCUT2D eigenvalue weighted by Gasteiger charge is -2.37. The average molecular weight is 316 g/mol. The summed E-state index contributed by atoms with van der Waals surface area (Å²) in [4.78, 5) is 16.2. The molecule has 0 spiro atoms. The highest BCUT2D eigenvalue weighted by Crippen LogP contribution is 2.30. The molecule has 1 unspecified atom stereocenters. The van der Waals surface area contributed by atoms with Gasteiger partial charge in [0.2, 0.25) is 11.0 Å². The zero-order valence-corrected chi connectivity index (χ0v) is 12.5. The summed E-state index contributed by atoms with van der Waals surface area (Å²) in [6.45, 7) is 1.82. The van der Waals surface area contributed by atoms with Crippen LogP contribution in [0.25, 0.3) is 0 Å². The van der Waals surface area contributed by atoms with Gasteiger partial charge in [-0.3, -0.25) is 4.79 Å². The normalized spacial score (nSPS) is 25.9. The third-order valence-electron chi connectivity index (χ3n) is 4.20. The maximum absolute atomic E-state index is 13.2. The van der Waals surface area contributed by atoms with E-state index < -0.39 is 5.92 Å². The van der Waals surface area contributed by atoms with Crippen molar-refractivity contribution in [3.8, 4) is 0 Å². The van der Waals surface area contributed by atoms with E-state index in [1.165, 1.54) is 11.3 Å². The molecule has 0 saturated carbocycles. The summed E-state index contributed by atoms with van der Waals surface area (Å²) >= 11 is 1.46. The van der Waals surface area contributed by atoms with Crippen LogP contribution in [0.2, 0.25) is 0 Å². The van der Waals surface area contributed by atoms with Gasteiger partial charge in [0.15, 0.2) is 0 Å². The fourth-order valence-electron chi connectivity index (χ4n) is 2.97. The van der Waals surface area contributed by atoms with E-state index in [9.17, 15) is 13.6 Å². The molecule has 116 valence electrons. The van der Waals surface area contributed by atoms with E-state index in [2.05, 4.69) is 15.1 Å². The van der Waals surface area contributed by atoms with Crippen molar-refractivity contribution in [3.63, 3.8) is 0 Å². The van der Waals surface area contributed by atoms with Gasteiger partial charge in [-0.1, -0.05) is 11.3 Å². The highest BCUT2D eigenvalue weighted by molar-refractivity contribution is 7.13. The maximum atomic E-state index is 13.2. The molecule has 3 rings (SSSR count). The number of likely N-dealkylation sites (tertiary alicyclic amines) is 1. The number of alkyl halides is 2. The number of rotatable bonds is 2. The zero-order chi connectivity index (χ0) is 14.9. The molecule has 0 aromatic carbocycles. The van der Waals surface area contributed by atoms with Gasteiger partial charge >= 0.3 is 0 Å². The summed E-state index contributed by atoms with van der Waals surface area (Å²) in [5, 5.41) is 8.69. The first-order valence-electron chi connectivity index (χ1n) is 7.23. The van der Waals surface area contributed by atoms with Gasteiger partial charge < -0.3 is 9.80 Å². The van der Waals surface area contributed by atoms with Crippen molar-refractivity contribution in [1.82, 2.24) is 15.1 Å². The molecule has 1 aromatic rings. The lowest BCUT2D eigenvalue weighted by Crippen LogP contribution is -2.49. The molecule has 2 aliphatic rings. The van der Waals surface area contributed by atoms with Crippen molar-refractivity contribution >= 4 is 22.4 Å². The molecule has 1 amide bonds. The first-order chi connectivity index (χ1) is 10.1. The molecule has 2 saturated heterocycles. The molecule has 3 heterocycles. The van der Waals surface area contributed by atoms with Crippen LogP contribution in [-0.2, 0) is 4.79 Å². The van der Waals surface area contributed by atoms with E-state index in [1.807, 2.05) is 0 Å². The van der Waals surface area contributed by atoms with Gasteiger partial charge in [-0.05, 0) is 12.8 Å². The van der Waals surface area contributed by atoms with Crippen LogP contribution in [-0.4, -0.2) is 53.1 Å². The third-order valence-corrected chi connectivity index (χ3v) is 4.95. The van der Waals surface area contributed by atoms with Crippen LogP contribution in [0.4, 0.5) is 13.9 Å². The largest absolute Gasteiger partial charge is 0.346 e. The first-order valence-corrected chi connectivity index (χ1v) is 8.11. The summed E-state index contributed by atoms with van der Waals surface area (Å²) in [6.07, 6.45) is 1.30. The molecular weight excluding hydrogens is 298 g/mol. The molecule has 2 aliphatic heterocycles. The highest BCUT2D eigenvalue weighted by atomic mass is 32.1. The molecule has 5 nitrogen and oxygen atoms in total. The predicted molar refractivity (Wildman–Crippen MR) is 75.6 cm³/mol. The number of hydrogen-bond donors (Lipinski definition) is 0. The Balaban J connectivity index is 1.60. The summed E-state index contributed by atoms with van der Waals surface area (Å²) in [6, 6.07) is 0. The Morgan fingerprint density at radius 2 is 2.10 bits per heavy atom. The Morgan fingerprint density at radius 1 is 1.33 bits per heavy atom. The Labute approximate surface area is 125 Å². The fraction of sp³-hybridized carbons (Fsp3) is 0.769.